The summed E-state index contributed by atoms with van der Waals surface area (Å²) in [6.07, 6.45) is 0. The highest BCUT2D eigenvalue weighted by Crippen LogP contribution is 2.31. The summed E-state index contributed by atoms with van der Waals surface area (Å²) in [6, 6.07) is 1.87. The molecule has 19 heavy (non-hydrogen) atoms. The van der Waals surface area contributed by atoms with Gasteiger partial charge in [0.25, 0.3) is 5.91 Å². The minimum atomic E-state index is -0.178. The molecule has 0 aliphatic rings. The van der Waals surface area contributed by atoms with Crippen LogP contribution < -0.4 is 16.4 Å². The van der Waals surface area contributed by atoms with Crippen LogP contribution in [0.1, 0.15) is 17.3 Å². The minimum Gasteiger partial charge on any atom is -0.351 e. The van der Waals surface area contributed by atoms with Gasteiger partial charge in [-0.2, -0.15) is 0 Å². The van der Waals surface area contributed by atoms with Crippen LogP contribution in [0.4, 0.5) is 5.69 Å². The van der Waals surface area contributed by atoms with E-state index in [1.54, 1.807) is 0 Å². The fourth-order valence-electron chi connectivity index (χ4n) is 1.36. The largest absolute Gasteiger partial charge is 0.351 e. The Morgan fingerprint density at radius 1 is 1.26 bits per heavy atom. The summed E-state index contributed by atoms with van der Waals surface area (Å²) in [7, 11) is 0. The monoisotopic (exact) mass is 599 g/mol. The molecular formula is C11H12I3N3O2. The van der Waals surface area contributed by atoms with E-state index in [-0.39, 0.29) is 11.8 Å². The highest BCUT2D eigenvalue weighted by Gasteiger charge is 2.20. The molecule has 0 atom stereocenters. The summed E-state index contributed by atoms with van der Waals surface area (Å²) < 4.78 is 2.48. The van der Waals surface area contributed by atoms with Crippen LogP contribution in [0.3, 0.4) is 0 Å². The summed E-state index contributed by atoms with van der Waals surface area (Å²) in [5, 5.41) is 5.50. The summed E-state index contributed by atoms with van der Waals surface area (Å²) in [5.74, 6) is -0.340. The van der Waals surface area contributed by atoms with Crippen LogP contribution in [0, 0.1) is 10.7 Å². The van der Waals surface area contributed by atoms with E-state index in [0.717, 1.165) is 10.7 Å². The van der Waals surface area contributed by atoms with Gasteiger partial charge < -0.3 is 16.4 Å². The van der Waals surface area contributed by atoms with Crippen molar-refractivity contribution in [2.75, 3.05) is 18.4 Å². The zero-order chi connectivity index (χ0) is 14.6. The smallest absolute Gasteiger partial charge is 0.253 e. The minimum absolute atomic E-state index is 0.162. The maximum absolute atomic E-state index is 12.1. The van der Waals surface area contributed by atoms with Gasteiger partial charge in [-0.1, -0.05) is 0 Å². The molecule has 1 rings (SSSR count). The molecule has 0 aromatic heterocycles. The quantitative estimate of drug-likeness (QED) is 0.465. The van der Waals surface area contributed by atoms with Gasteiger partial charge in [-0.15, -0.1) is 0 Å². The Kier molecular flexibility index (Phi) is 7.24. The number of hydrogen-bond donors (Lipinski definition) is 3. The molecule has 0 spiro atoms. The average molecular weight is 599 g/mol. The molecule has 2 amide bonds. The maximum Gasteiger partial charge on any atom is 0.253 e. The van der Waals surface area contributed by atoms with Gasteiger partial charge in [0.05, 0.1) is 14.8 Å². The van der Waals surface area contributed by atoms with Gasteiger partial charge in [0.15, 0.2) is 0 Å². The Balaban J connectivity index is 3.24. The number of carbonyl (C=O) groups excluding carboxylic acids is 2. The molecule has 8 heteroatoms. The van der Waals surface area contributed by atoms with E-state index < -0.39 is 0 Å². The zero-order valence-electron chi connectivity index (χ0n) is 10.0. The van der Waals surface area contributed by atoms with Gasteiger partial charge in [-0.25, -0.2) is 0 Å². The molecule has 0 fully saturated rings. The third-order valence-corrected chi connectivity index (χ3v) is 4.91. The predicted molar refractivity (Wildman–Crippen MR) is 100 cm³/mol. The van der Waals surface area contributed by atoms with Crippen molar-refractivity contribution < 1.29 is 9.59 Å². The van der Waals surface area contributed by atoms with Crippen molar-refractivity contribution in [1.29, 1.82) is 0 Å². The molecule has 0 heterocycles. The first kappa shape index (κ1) is 17.4. The van der Waals surface area contributed by atoms with E-state index in [1.807, 2.05) is 6.07 Å². The van der Waals surface area contributed by atoms with Crippen LogP contribution in [-0.4, -0.2) is 24.9 Å². The molecule has 0 aliphatic carbocycles. The van der Waals surface area contributed by atoms with E-state index >= 15 is 0 Å². The second-order valence-electron chi connectivity index (χ2n) is 3.63. The van der Waals surface area contributed by atoms with Crippen LogP contribution in [-0.2, 0) is 4.79 Å². The number of nitrogens with two attached hydrogens (primary N) is 1. The fraction of sp³-hybridized carbons (Fsp3) is 0.273. The van der Waals surface area contributed by atoms with Gasteiger partial charge in [0.1, 0.15) is 0 Å². The Morgan fingerprint density at radius 2 is 1.89 bits per heavy atom. The van der Waals surface area contributed by atoms with Crippen molar-refractivity contribution in [3.8, 4) is 0 Å². The lowest BCUT2D eigenvalue weighted by Crippen LogP contribution is -2.30. The number of halogens is 3. The SMILES string of the molecule is CC(=O)Nc1c(I)cc(I)c(C(=O)NCCN)c1I. The number of hydrogen-bond acceptors (Lipinski definition) is 3. The third-order valence-electron chi connectivity index (χ3n) is 2.13. The topological polar surface area (TPSA) is 84.2 Å². The van der Waals surface area contributed by atoms with Crippen molar-refractivity contribution >= 4 is 85.3 Å². The van der Waals surface area contributed by atoms with Gasteiger partial charge >= 0.3 is 0 Å². The standard InChI is InChI=1S/C11H12I3N3O2/c1-5(18)17-10-7(13)4-6(12)8(9(10)14)11(19)16-3-2-15/h4H,2-3,15H2,1H3,(H,16,19)(H,17,18). The van der Waals surface area contributed by atoms with Crippen LogP contribution in [0.5, 0.6) is 0 Å². The van der Waals surface area contributed by atoms with Crippen LogP contribution in [0.15, 0.2) is 6.07 Å². The highest BCUT2D eigenvalue weighted by molar-refractivity contribution is 14.1. The third kappa shape index (κ3) is 4.67. The summed E-state index contributed by atoms with van der Waals surface area (Å²) in [6.45, 7) is 2.26. The molecular weight excluding hydrogens is 587 g/mol. The first-order valence-corrected chi connectivity index (χ1v) is 8.55. The Bertz CT molecular complexity index is 520. The lowest BCUT2D eigenvalue weighted by molar-refractivity contribution is -0.114. The fourth-order valence-corrected chi connectivity index (χ4v) is 5.49. The highest BCUT2D eigenvalue weighted by atomic mass is 127. The number of nitrogens with one attached hydrogen (secondary N) is 2. The number of benzene rings is 1. The Labute approximate surface area is 152 Å². The maximum atomic E-state index is 12.1. The lowest BCUT2D eigenvalue weighted by Gasteiger charge is -2.14. The Hall–Kier alpha value is 0.310. The molecule has 0 radical (unpaired) electrons. The van der Waals surface area contributed by atoms with Crippen molar-refractivity contribution in [1.82, 2.24) is 5.32 Å². The summed E-state index contributed by atoms with van der Waals surface area (Å²) in [5.41, 5.74) is 6.62. The second kappa shape index (κ2) is 7.93. The number of anilines is 1. The summed E-state index contributed by atoms with van der Waals surface area (Å²) >= 11 is 6.33. The first-order chi connectivity index (χ1) is 8.88. The molecule has 0 saturated heterocycles. The van der Waals surface area contributed by atoms with E-state index in [1.165, 1.54) is 6.92 Å². The molecule has 1 aromatic rings. The number of amides is 2. The van der Waals surface area contributed by atoms with Crippen LogP contribution in [0.25, 0.3) is 0 Å². The van der Waals surface area contributed by atoms with E-state index in [0.29, 0.717) is 24.3 Å². The van der Waals surface area contributed by atoms with Crippen molar-refractivity contribution in [3.05, 3.63) is 22.3 Å². The normalized spacial score (nSPS) is 10.2. The van der Waals surface area contributed by atoms with Crippen molar-refractivity contribution in [3.63, 3.8) is 0 Å². The van der Waals surface area contributed by atoms with Gasteiger partial charge in [-0.3, -0.25) is 9.59 Å². The van der Waals surface area contributed by atoms with E-state index in [2.05, 4.69) is 78.4 Å². The molecule has 5 nitrogen and oxygen atoms in total. The van der Waals surface area contributed by atoms with Crippen molar-refractivity contribution in [2.24, 2.45) is 5.73 Å². The predicted octanol–water partition coefficient (Wildman–Crippen LogP) is 2.15. The summed E-state index contributed by atoms with van der Waals surface area (Å²) in [4.78, 5) is 23.3. The van der Waals surface area contributed by atoms with Crippen molar-refractivity contribution in [2.45, 2.75) is 6.92 Å². The number of carbonyl (C=O) groups is 2. The zero-order valence-corrected chi connectivity index (χ0v) is 16.5. The average Bonchev–Trinajstić information content (AvgIpc) is 2.31. The molecule has 0 bridgehead atoms. The van der Waals surface area contributed by atoms with E-state index in [4.69, 9.17) is 5.73 Å². The second-order valence-corrected chi connectivity index (χ2v) is 7.03. The molecule has 1 aromatic carbocycles. The Morgan fingerprint density at radius 3 is 2.42 bits per heavy atom. The molecule has 4 N–H and O–H groups in total. The van der Waals surface area contributed by atoms with Crippen LogP contribution >= 0.6 is 67.8 Å². The molecule has 0 saturated carbocycles. The lowest BCUT2D eigenvalue weighted by atomic mass is 10.2. The molecule has 0 aliphatic heterocycles. The molecule has 104 valence electrons. The van der Waals surface area contributed by atoms with Gasteiger partial charge in [-0.05, 0) is 73.8 Å². The van der Waals surface area contributed by atoms with E-state index in [9.17, 15) is 9.59 Å². The molecule has 0 unspecified atom stereocenters. The number of rotatable bonds is 4. The first-order valence-electron chi connectivity index (χ1n) is 5.31. The van der Waals surface area contributed by atoms with Crippen LogP contribution in [0.2, 0.25) is 0 Å². The van der Waals surface area contributed by atoms with Gasteiger partial charge in [0.2, 0.25) is 5.91 Å². The van der Waals surface area contributed by atoms with Gasteiger partial charge in [0, 0.05) is 27.2 Å².